The highest BCUT2D eigenvalue weighted by Crippen LogP contribution is 2.29. The van der Waals surface area contributed by atoms with Gasteiger partial charge in [0.25, 0.3) is 5.91 Å². The van der Waals surface area contributed by atoms with Crippen LogP contribution in [0.15, 0.2) is 30.5 Å². The molecule has 0 spiro atoms. The zero-order valence-electron chi connectivity index (χ0n) is 10.8. The molecule has 0 aliphatic rings. The number of aryl methyl sites for hydroxylation is 2. The molecule has 0 aliphatic carbocycles. The quantitative estimate of drug-likeness (QED) is 0.720. The highest BCUT2D eigenvalue weighted by Gasteiger charge is 2.14. The smallest absolute Gasteiger partial charge is 0.276 e. The van der Waals surface area contributed by atoms with Crippen LogP contribution in [0.1, 0.15) is 21.6 Å². The third-order valence-corrected chi connectivity index (χ3v) is 2.75. The number of phenolic OH excluding ortho intramolecular Hbond substituents is 1. The molecule has 1 aromatic carbocycles. The van der Waals surface area contributed by atoms with E-state index in [1.54, 1.807) is 25.1 Å². The van der Waals surface area contributed by atoms with Crippen molar-refractivity contribution in [3.63, 3.8) is 0 Å². The molecule has 98 valence electrons. The van der Waals surface area contributed by atoms with Crippen LogP contribution in [-0.4, -0.2) is 16.0 Å². The summed E-state index contributed by atoms with van der Waals surface area (Å²) in [6.45, 7) is 3.66. The van der Waals surface area contributed by atoms with Crippen molar-refractivity contribution in [2.75, 3.05) is 11.1 Å². The van der Waals surface area contributed by atoms with Crippen LogP contribution in [-0.2, 0) is 0 Å². The molecule has 0 saturated heterocycles. The lowest BCUT2D eigenvalue weighted by Gasteiger charge is -2.11. The van der Waals surface area contributed by atoms with Gasteiger partial charge in [0, 0.05) is 6.20 Å². The zero-order valence-corrected chi connectivity index (χ0v) is 10.8. The minimum atomic E-state index is -0.446. The maximum Gasteiger partial charge on any atom is 0.276 e. The van der Waals surface area contributed by atoms with Crippen molar-refractivity contribution in [3.05, 3.63) is 47.3 Å². The first-order chi connectivity index (χ1) is 8.99. The Hall–Kier alpha value is -2.56. The van der Waals surface area contributed by atoms with Gasteiger partial charge in [0.2, 0.25) is 0 Å². The van der Waals surface area contributed by atoms with E-state index in [0.717, 1.165) is 5.56 Å². The van der Waals surface area contributed by atoms with Gasteiger partial charge in [0.15, 0.2) is 5.69 Å². The minimum absolute atomic E-state index is 0.0495. The molecule has 2 rings (SSSR count). The van der Waals surface area contributed by atoms with Crippen molar-refractivity contribution in [1.29, 1.82) is 0 Å². The van der Waals surface area contributed by atoms with Crippen molar-refractivity contribution in [2.24, 2.45) is 0 Å². The number of carbonyl (C=O) groups excluding carboxylic acids is 1. The van der Waals surface area contributed by atoms with Crippen LogP contribution in [0.4, 0.5) is 11.4 Å². The Bertz CT molecular complexity index is 639. The average molecular weight is 257 g/mol. The van der Waals surface area contributed by atoms with Gasteiger partial charge in [-0.2, -0.15) is 0 Å². The number of pyridine rings is 1. The Labute approximate surface area is 111 Å². The topological polar surface area (TPSA) is 88.2 Å². The maximum absolute atomic E-state index is 12.0. The third kappa shape index (κ3) is 2.65. The van der Waals surface area contributed by atoms with Crippen LogP contribution in [0.3, 0.4) is 0 Å². The van der Waals surface area contributed by atoms with E-state index in [9.17, 15) is 9.90 Å². The number of hydrogen-bond acceptors (Lipinski definition) is 4. The standard InChI is InChI=1S/C14H15N3O2/c1-8-6-9(2)13(18)11(7-8)17-14(19)12-10(15)4-3-5-16-12/h3-7,18H,15H2,1-2H3,(H,17,19). The molecule has 0 saturated carbocycles. The van der Waals surface area contributed by atoms with Crippen LogP contribution >= 0.6 is 0 Å². The number of nitrogens with zero attached hydrogens (tertiary/aromatic N) is 1. The van der Waals surface area contributed by atoms with Gasteiger partial charge in [-0.05, 0) is 43.2 Å². The number of nitrogens with one attached hydrogen (secondary N) is 1. The molecule has 1 aromatic heterocycles. The molecule has 1 amide bonds. The van der Waals surface area contributed by atoms with Gasteiger partial charge in [0.1, 0.15) is 5.75 Å². The predicted octanol–water partition coefficient (Wildman–Crippen LogP) is 2.24. The lowest BCUT2D eigenvalue weighted by atomic mass is 10.1. The number of nitrogen functional groups attached to an aromatic ring is 1. The van der Waals surface area contributed by atoms with E-state index >= 15 is 0 Å². The van der Waals surface area contributed by atoms with E-state index in [0.29, 0.717) is 16.9 Å². The fraction of sp³-hybridized carbons (Fsp3) is 0.143. The Kier molecular flexibility index (Phi) is 3.37. The lowest BCUT2D eigenvalue weighted by molar-refractivity contribution is 0.102. The SMILES string of the molecule is Cc1cc(C)c(O)c(NC(=O)c2ncccc2N)c1. The summed E-state index contributed by atoms with van der Waals surface area (Å²) in [6, 6.07) is 6.78. The number of nitrogens with two attached hydrogens (primary N) is 1. The normalized spacial score (nSPS) is 10.2. The Morgan fingerprint density at radius 3 is 2.79 bits per heavy atom. The first-order valence-electron chi connectivity index (χ1n) is 5.81. The maximum atomic E-state index is 12.0. The summed E-state index contributed by atoms with van der Waals surface area (Å²) in [5.41, 5.74) is 8.12. The number of carbonyl (C=O) groups is 1. The largest absolute Gasteiger partial charge is 0.505 e. The fourth-order valence-electron chi connectivity index (χ4n) is 1.84. The first-order valence-corrected chi connectivity index (χ1v) is 5.81. The number of anilines is 2. The number of aromatic nitrogens is 1. The second-order valence-corrected chi connectivity index (χ2v) is 4.37. The Morgan fingerprint density at radius 2 is 2.11 bits per heavy atom. The number of aromatic hydroxyl groups is 1. The van der Waals surface area contributed by atoms with Gasteiger partial charge < -0.3 is 16.2 Å². The van der Waals surface area contributed by atoms with Gasteiger partial charge in [0.05, 0.1) is 11.4 Å². The van der Waals surface area contributed by atoms with Crippen LogP contribution in [0, 0.1) is 13.8 Å². The van der Waals surface area contributed by atoms with Gasteiger partial charge in [-0.25, -0.2) is 4.98 Å². The second kappa shape index (κ2) is 4.97. The van der Waals surface area contributed by atoms with Gasteiger partial charge >= 0.3 is 0 Å². The summed E-state index contributed by atoms with van der Waals surface area (Å²) < 4.78 is 0. The van der Waals surface area contributed by atoms with Crippen LogP contribution in [0.5, 0.6) is 5.75 Å². The van der Waals surface area contributed by atoms with Crippen molar-refractivity contribution in [1.82, 2.24) is 4.98 Å². The molecule has 4 N–H and O–H groups in total. The molecular formula is C14H15N3O2. The van der Waals surface area contributed by atoms with E-state index in [1.165, 1.54) is 6.20 Å². The summed E-state index contributed by atoms with van der Waals surface area (Å²) in [4.78, 5) is 16.0. The fourth-order valence-corrected chi connectivity index (χ4v) is 1.84. The van der Waals surface area contributed by atoms with Gasteiger partial charge in [-0.15, -0.1) is 0 Å². The van der Waals surface area contributed by atoms with E-state index in [2.05, 4.69) is 10.3 Å². The first kappa shape index (κ1) is 12.9. The van der Waals surface area contributed by atoms with E-state index in [4.69, 9.17) is 5.73 Å². The van der Waals surface area contributed by atoms with Crippen LogP contribution in [0.25, 0.3) is 0 Å². The molecule has 2 aromatic rings. The van der Waals surface area contributed by atoms with Crippen molar-refractivity contribution in [3.8, 4) is 5.75 Å². The number of hydrogen-bond donors (Lipinski definition) is 3. The Balaban J connectivity index is 2.32. The van der Waals surface area contributed by atoms with Crippen LogP contribution in [0.2, 0.25) is 0 Å². The molecule has 0 unspecified atom stereocenters. The molecule has 0 bridgehead atoms. The summed E-state index contributed by atoms with van der Waals surface area (Å²) in [7, 11) is 0. The highest BCUT2D eigenvalue weighted by atomic mass is 16.3. The summed E-state index contributed by atoms with van der Waals surface area (Å²) in [5, 5.41) is 12.5. The average Bonchev–Trinajstić information content (AvgIpc) is 2.35. The van der Waals surface area contributed by atoms with E-state index in [-0.39, 0.29) is 11.4 Å². The Morgan fingerprint density at radius 1 is 1.37 bits per heavy atom. The second-order valence-electron chi connectivity index (χ2n) is 4.37. The molecule has 0 fully saturated rings. The molecule has 0 radical (unpaired) electrons. The molecule has 5 heteroatoms. The van der Waals surface area contributed by atoms with Crippen LogP contribution < -0.4 is 11.1 Å². The lowest BCUT2D eigenvalue weighted by Crippen LogP contribution is -2.16. The molecule has 0 atom stereocenters. The summed E-state index contributed by atoms with van der Waals surface area (Å²) in [6.07, 6.45) is 1.49. The summed E-state index contributed by atoms with van der Waals surface area (Å²) in [5.74, 6) is -0.396. The van der Waals surface area contributed by atoms with Crippen molar-refractivity contribution < 1.29 is 9.90 Å². The molecular weight excluding hydrogens is 242 g/mol. The number of amides is 1. The zero-order chi connectivity index (χ0) is 14.0. The van der Waals surface area contributed by atoms with Gasteiger partial charge in [-0.3, -0.25) is 4.79 Å². The van der Waals surface area contributed by atoms with E-state index < -0.39 is 5.91 Å². The summed E-state index contributed by atoms with van der Waals surface area (Å²) >= 11 is 0. The third-order valence-electron chi connectivity index (χ3n) is 2.75. The number of rotatable bonds is 2. The number of benzene rings is 1. The van der Waals surface area contributed by atoms with E-state index in [1.807, 2.05) is 13.0 Å². The molecule has 1 heterocycles. The number of phenols is 1. The predicted molar refractivity (Wildman–Crippen MR) is 74.2 cm³/mol. The van der Waals surface area contributed by atoms with Crippen molar-refractivity contribution in [2.45, 2.75) is 13.8 Å². The molecule has 19 heavy (non-hydrogen) atoms. The monoisotopic (exact) mass is 257 g/mol. The molecule has 0 aliphatic heterocycles. The highest BCUT2D eigenvalue weighted by molar-refractivity contribution is 6.06. The van der Waals surface area contributed by atoms with Gasteiger partial charge in [-0.1, -0.05) is 6.07 Å². The molecule has 5 nitrogen and oxygen atoms in total. The van der Waals surface area contributed by atoms with Crippen molar-refractivity contribution >= 4 is 17.3 Å². The minimum Gasteiger partial charge on any atom is -0.505 e.